The summed E-state index contributed by atoms with van der Waals surface area (Å²) in [7, 11) is 0. The first-order valence-electron chi connectivity index (χ1n) is 10.4. The Bertz CT molecular complexity index is 1530. The second-order valence-electron chi connectivity index (χ2n) is 7.51. The molecule has 0 spiro atoms. The number of rotatable bonds is 5. The van der Waals surface area contributed by atoms with Crippen LogP contribution in [-0.4, -0.2) is 19.5 Å². The minimum Gasteiger partial charge on any atom is -0.619 e. The third-order valence-corrected chi connectivity index (χ3v) is 5.17. The fourth-order valence-corrected chi connectivity index (χ4v) is 3.65. The number of aromatic nitrogens is 5. The highest BCUT2D eigenvalue weighted by Gasteiger charge is 2.14. The van der Waals surface area contributed by atoms with Crippen LogP contribution >= 0.6 is 0 Å². The van der Waals surface area contributed by atoms with E-state index in [2.05, 4.69) is 15.0 Å². The van der Waals surface area contributed by atoms with Gasteiger partial charge in [-0.25, -0.2) is 9.97 Å². The molecule has 0 bridgehead atoms. The molecule has 7 heteroatoms. The first-order valence-corrected chi connectivity index (χ1v) is 10.4. The Labute approximate surface area is 189 Å². The number of benzene rings is 1. The van der Waals surface area contributed by atoms with Crippen LogP contribution in [0.15, 0.2) is 96.4 Å². The van der Waals surface area contributed by atoms with Crippen molar-refractivity contribution < 1.29 is 4.73 Å². The summed E-state index contributed by atoms with van der Waals surface area (Å²) < 4.78 is 2.35. The predicted octanol–water partition coefficient (Wildman–Crippen LogP) is 3.57. The van der Waals surface area contributed by atoms with E-state index in [4.69, 9.17) is 0 Å². The maximum Gasteiger partial charge on any atom is 0.278 e. The van der Waals surface area contributed by atoms with Gasteiger partial charge < -0.3 is 5.21 Å². The fourth-order valence-electron chi connectivity index (χ4n) is 3.65. The Morgan fingerprint density at radius 3 is 2.67 bits per heavy atom. The first-order chi connectivity index (χ1) is 16.2. The second kappa shape index (κ2) is 8.84. The van der Waals surface area contributed by atoms with Crippen molar-refractivity contribution in [3.8, 4) is 5.69 Å². The van der Waals surface area contributed by atoms with Crippen molar-refractivity contribution in [1.82, 2.24) is 19.5 Å². The molecular formula is C26H19N5O2. The maximum absolute atomic E-state index is 13.5. The average Bonchev–Trinajstić information content (AvgIpc) is 2.84. The molecular weight excluding hydrogens is 414 g/mol. The zero-order valence-corrected chi connectivity index (χ0v) is 17.6. The molecule has 7 nitrogen and oxygen atoms in total. The van der Waals surface area contributed by atoms with Gasteiger partial charge in [-0.1, -0.05) is 24.3 Å². The van der Waals surface area contributed by atoms with Gasteiger partial charge in [-0.15, -0.1) is 0 Å². The van der Waals surface area contributed by atoms with Gasteiger partial charge in [0.15, 0.2) is 18.0 Å². The summed E-state index contributed by atoms with van der Waals surface area (Å²) >= 11 is 0. The highest BCUT2D eigenvalue weighted by Crippen LogP contribution is 2.17. The summed E-state index contributed by atoms with van der Waals surface area (Å²) in [6.07, 6.45) is 12.2. The molecule has 0 atom stereocenters. The van der Waals surface area contributed by atoms with Crippen LogP contribution in [0.1, 0.15) is 22.4 Å². The molecule has 5 rings (SSSR count). The highest BCUT2D eigenvalue weighted by atomic mass is 16.5. The Morgan fingerprint density at radius 1 is 0.970 bits per heavy atom. The van der Waals surface area contributed by atoms with Crippen LogP contribution in [-0.2, 0) is 6.42 Å². The molecule has 0 unspecified atom stereocenters. The summed E-state index contributed by atoms with van der Waals surface area (Å²) in [5.74, 6) is 0. The van der Waals surface area contributed by atoms with Crippen LogP contribution in [0.3, 0.4) is 0 Å². The minimum absolute atomic E-state index is 0.221. The lowest BCUT2D eigenvalue weighted by molar-refractivity contribution is -0.605. The predicted molar refractivity (Wildman–Crippen MR) is 127 cm³/mol. The summed E-state index contributed by atoms with van der Waals surface area (Å²) in [6, 6.07) is 18.6. The maximum atomic E-state index is 13.5. The number of hydrogen-bond acceptors (Lipinski definition) is 5. The van der Waals surface area contributed by atoms with E-state index in [1.165, 1.54) is 12.4 Å². The topological polar surface area (TPSA) is 87.6 Å². The molecule has 0 fully saturated rings. The Kier molecular flexibility index (Phi) is 5.43. The van der Waals surface area contributed by atoms with Gasteiger partial charge in [0.05, 0.1) is 5.69 Å². The quantitative estimate of drug-likeness (QED) is 0.312. The Hall–Kier alpha value is -4.65. The van der Waals surface area contributed by atoms with Crippen LogP contribution in [0.5, 0.6) is 0 Å². The van der Waals surface area contributed by atoms with Gasteiger partial charge in [-0.2, -0.15) is 4.73 Å². The third kappa shape index (κ3) is 4.38. The SMILES string of the molecule is O=c1c(Cc2cccnc2)nc2cccnc2n1-c1cccc(C=Cc2ccc[n+]([O-])c2)c1. The van der Waals surface area contributed by atoms with E-state index in [1.807, 2.05) is 60.7 Å². The molecule has 0 saturated carbocycles. The number of fused-ring (bicyclic) bond motifs is 1. The van der Waals surface area contributed by atoms with Crippen LogP contribution in [0.4, 0.5) is 0 Å². The lowest BCUT2D eigenvalue weighted by atomic mass is 10.1. The molecule has 0 amide bonds. The largest absolute Gasteiger partial charge is 0.619 e. The highest BCUT2D eigenvalue weighted by molar-refractivity contribution is 5.74. The normalized spacial score (nSPS) is 11.3. The second-order valence-corrected chi connectivity index (χ2v) is 7.51. The zero-order valence-electron chi connectivity index (χ0n) is 17.6. The molecule has 4 heterocycles. The summed E-state index contributed by atoms with van der Waals surface area (Å²) in [6.45, 7) is 0. The molecule has 4 aromatic heterocycles. The van der Waals surface area contributed by atoms with Crippen molar-refractivity contribution in [2.24, 2.45) is 0 Å². The van der Waals surface area contributed by atoms with E-state index in [0.29, 0.717) is 29.0 Å². The molecule has 33 heavy (non-hydrogen) atoms. The molecule has 0 saturated heterocycles. The standard InChI is InChI=1S/C26H19N5O2/c32-26-24(16-21-6-2-12-27-17-21)29-23-9-3-13-28-25(23)31(26)22-8-1-5-19(15-22)10-11-20-7-4-14-30(33)18-20/h1-15,17-18H,16H2. The van der Waals surface area contributed by atoms with Gasteiger partial charge in [0.2, 0.25) is 0 Å². The van der Waals surface area contributed by atoms with Crippen LogP contribution < -0.4 is 10.3 Å². The molecule has 0 N–H and O–H groups in total. The van der Waals surface area contributed by atoms with Crippen LogP contribution in [0.25, 0.3) is 29.0 Å². The summed E-state index contributed by atoms with van der Waals surface area (Å²) in [4.78, 5) is 26.7. The number of pyridine rings is 3. The summed E-state index contributed by atoms with van der Waals surface area (Å²) in [5.41, 5.74) is 4.60. The molecule has 0 aliphatic carbocycles. The van der Waals surface area contributed by atoms with E-state index < -0.39 is 0 Å². The van der Waals surface area contributed by atoms with Gasteiger partial charge in [0, 0.05) is 36.6 Å². The lowest BCUT2D eigenvalue weighted by Gasteiger charge is -2.12. The third-order valence-electron chi connectivity index (χ3n) is 5.17. The van der Waals surface area contributed by atoms with Crippen molar-refractivity contribution in [2.45, 2.75) is 6.42 Å². The molecule has 1 aromatic carbocycles. The average molecular weight is 433 g/mol. The van der Waals surface area contributed by atoms with Crippen molar-refractivity contribution in [2.75, 3.05) is 0 Å². The van der Waals surface area contributed by atoms with Gasteiger partial charge in [-0.05, 0) is 53.6 Å². The van der Waals surface area contributed by atoms with E-state index >= 15 is 0 Å². The van der Waals surface area contributed by atoms with Gasteiger partial charge >= 0.3 is 0 Å². The smallest absolute Gasteiger partial charge is 0.278 e. The van der Waals surface area contributed by atoms with Gasteiger partial charge in [-0.3, -0.25) is 14.3 Å². The molecule has 5 aromatic rings. The molecule has 0 aliphatic rings. The van der Waals surface area contributed by atoms with E-state index in [1.54, 1.807) is 35.3 Å². The van der Waals surface area contributed by atoms with E-state index in [-0.39, 0.29) is 5.56 Å². The first kappa shape index (κ1) is 20.3. The zero-order chi connectivity index (χ0) is 22.6. The monoisotopic (exact) mass is 433 g/mol. The van der Waals surface area contributed by atoms with Gasteiger partial charge in [0.25, 0.3) is 5.56 Å². The van der Waals surface area contributed by atoms with Crippen molar-refractivity contribution in [1.29, 1.82) is 0 Å². The van der Waals surface area contributed by atoms with Gasteiger partial charge in [0.1, 0.15) is 11.2 Å². The van der Waals surface area contributed by atoms with E-state index in [9.17, 15) is 10.0 Å². The van der Waals surface area contributed by atoms with Crippen LogP contribution in [0, 0.1) is 5.21 Å². The van der Waals surface area contributed by atoms with Crippen molar-refractivity contribution in [3.05, 3.63) is 130 Å². The Balaban J connectivity index is 1.60. The van der Waals surface area contributed by atoms with Crippen molar-refractivity contribution >= 4 is 23.3 Å². The number of nitrogens with zero attached hydrogens (tertiary/aromatic N) is 5. The van der Waals surface area contributed by atoms with Crippen LogP contribution in [0.2, 0.25) is 0 Å². The molecule has 0 aliphatic heterocycles. The van der Waals surface area contributed by atoms with E-state index in [0.717, 1.165) is 21.4 Å². The Morgan fingerprint density at radius 2 is 1.82 bits per heavy atom. The van der Waals surface area contributed by atoms with Crippen molar-refractivity contribution in [3.63, 3.8) is 0 Å². The number of hydrogen-bond donors (Lipinski definition) is 0. The minimum atomic E-state index is -0.221. The molecule has 160 valence electrons. The fraction of sp³-hybridized carbons (Fsp3) is 0.0385. The molecule has 0 radical (unpaired) electrons. The lowest BCUT2D eigenvalue weighted by Crippen LogP contribution is -2.25. The summed E-state index contributed by atoms with van der Waals surface area (Å²) in [5, 5.41) is 11.5.